The lowest BCUT2D eigenvalue weighted by Crippen LogP contribution is -2.03. The summed E-state index contributed by atoms with van der Waals surface area (Å²) in [5, 5.41) is 0. The number of hydrogen-bond acceptors (Lipinski definition) is 2. The van der Waals surface area contributed by atoms with Gasteiger partial charge in [0.2, 0.25) is 0 Å². The summed E-state index contributed by atoms with van der Waals surface area (Å²) in [6.07, 6.45) is 6.90. The van der Waals surface area contributed by atoms with E-state index >= 15 is 0 Å². The van der Waals surface area contributed by atoms with Crippen molar-refractivity contribution in [3.8, 4) is 0 Å². The number of hydrogen-bond donors (Lipinski definition) is 0. The van der Waals surface area contributed by atoms with Gasteiger partial charge in [-0.2, -0.15) is 0 Å². The summed E-state index contributed by atoms with van der Waals surface area (Å²) in [4.78, 5) is 9.08. The molecule has 0 saturated heterocycles. The highest BCUT2D eigenvalue weighted by atomic mass is 14.7. The van der Waals surface area contributed by atoms with Gasteiger partial charge in [0.25, 0.3) is 0 Å². The second kappa shape index (κ2) is 7.16. The highest BCUT2D eigenvalue weighted by Crippen LogP contribution is 2.21. The minimum Gasteiger partial charge on any atom is -0.264 e. The number of rotatable bonds is 5. The lowest BCUT2D eigenvalue weighted by atomic mass is 10.0. The van der Waals surface area contributed by atoms with Crippen LogP contribution in [0.1, 0.15) is 48.9 Å². The Morgan fingerprint density at radius 3 is 2.52 bits per heavy atom. The first-order valence-corrected chi connectivity index (χ1v) is 7.73. The lowest BCUT2D eigenvalue weighted by molar-refractivity contribution is 0.990. The molecule has 2 aromatic rings. The third-order valence-corrected chi connectivity index (χ3v) is 3.79. The van der Waals surface area contributed by atoms with Crippen LogP contribution in [0.3, 0.4) is 0 Å². The molecule has 0 aliphatic rings. The fraction of sp³-hybridized carbons (Fsp3) is 0.368. The minimum absolute atomic E-state index is 0.986. The smallest absolute Gasteiger partial charge is 0.0636 e. The Morgan fingerprint density at radius 1 is 1.10 bits per heavy atom. The molecule has 2 rings (SSSR count). The van der Waals surface area contributed by atoms with Gasteiger partial charge in [0.15, 0.2) is 0 Å². The van der Waals surface area contributed by atoms with Crippen LogP contribution in [-0.4, -0.2) is 10.7 Å². The first-order chi connectivity index (χ1) is 10.2. The number of aliphatic imine (C=N–C) groups is 1. The monoisotopic (exact) mass is 280 g/mol. The van der Waals surface area contributed by atoms with Crippen molar-refractivity contribution in [2.45, 2.75) is 47.0 Å². The number of benzene rings is 1. The summed E-state index contributed by atoms with van der Waals surface area (Å²) in [5.74, 6) is 0. The van der Waals surface area contributed by atoms with E-state index < -0.39 is 0 Å². The van der Waals surface area contributed by atoms with Crippen molar-refractivity contribution < 1.29 is 0 Å². The maximum absolute atomic E-state index is 4.90. The number of aryl methyl sites for hydroxylation is 3. The average Bonchev–Trinajstić information content (AvgIpc) is 2.47. The van der Waals surface area contributed by atoms with E-state index in [1.54, 1.807) is 0 Å². The first-order valence-electron chi connectivity index (χ1n) is 7.73. The Balaban J connectivity index is 2.42. The molecule has 1 aromatic heterocycles. The third-order valence-electron chi connectivity index (χ3n) is 3.79. The van der Waals surface area contributed by atoms with Gasteiger partial charge in [-0.25, -0.2) is 0 Å². The molecule has 0 bridgehead atoms. The van der Waals surface area contributed by atoms with E-state index in [4.69, 9.17) is 4.99 Å². The Bertz CT molecular complexity index is 642. The van der Waals surface area contributed by atoms with Crippen molar-refractivity contribution in [3.05, 3.63) is 58.9 Å². The van der Waals surface area contributed by atoms with Gasteiger partial charge in [0.05, 0.1) is 5.69 Å². The van der Waals surface area contributed by atoms with Crippen LogP contribution in [0.15, 0.2) is 41.7 Å². The molecular weight excluding hydrogens is 256 g/mol. The quantitative estimate of drug-likeness (QED) is 0.693. The van der Waals surface area contributed by atoms with E-state index in [0.29, 0.717) is 0 Å². The van der Waals surface area contributed by atoms with E-state index in [-0.39, 0.29) is 0 Å². The molecule has 0 spiro atoms. The Kier molecular flexibility index (Phi) is 5.26. The van der Waals surface area contributed by atoms with E-state index in [1.165, 1.54) is 22.3 Å². The molecule has 1 aromatic carbocycles. The first kappa shape index (κ1) is 15.4. The van der Waals surface area contributed by atoms with Gasteiger partial charge in [-0.3, -0.25) is 9.98 Å². The standard InChI is InChI=1S/C19H24N2/c1-5-7-19(18-10-11-20-13-15(18)4)21-17-9-8-16(6-2)14(3)12-17/h8-13H,5-7H2,1-4H3. The van der Waals surface area contributed by atoms with Gasteiger partial charge in [-0.1, -0.05) is 26.3 Å². The lowest BCUT2D eigenvalue weighted by Gasteiger charge is -2.10. The zero-order valence-electron chi connectivity index (χ0n) is 13.5. The van der Waals surface area contributed by atoms with E-state index in [2.05, 4.69) is 56.9 Å². The summed E-state index contributed by atoms with van der Waals surface area (Å²) in [6, 6.07) is 8.57. The molecule has 2 nitrogen and oxygen atoms in total. The molecule has 0 N–H and O–H groups in total. The topological polar surface area (TPSA) is 25.2 Å². The summed E-state index contributed by atoms with van der Waals surface area (Å²) in [6.45, 7) is 8.64. The highest BCUT2D eigenvalue weighted by Gasteiger charge is 2.07. The Hall–Kier alpha value is -1.96. The van der Waals surface area contributed by atoms with Gasteiger partial charge in [0, 0.05) is 23.7 Å². The van der Waals surface area contributed by atoms with Crippen LogP contribution >= 0.6 is 0 Å². The molecule has 0 aliphatic heterocycles. The van der Waals surface area contributed by atoms with Gasteiger partial charge < -0.3 is 0 Å². The molecule has 0 saturated carbocycles. The zero-order valence-corrected chi connectivity index (χ0v) is 13.5. The summed E-state index contributed by atoms with van der Waals surface area (Å²) in [5.41, 5.74) is 7.31. The second-order valence-corrected chi connectivity index (χ2v) is 5.46. The molecule has 0 amide bonds. The van der Waals surface area contributed by atoms with Crippen molar-refractivity contribution in [1.82, 2.24) is 4.98 Å². The molecule has 110 valence electrons. The fourth-order valence-corrected chi connectivity index (χ4v) is 2.59. The van der Waals surface area contributed by atoms with Crippen molar-refractivity contribution in [2.75, 3.05) is 0 Å². The van der Waals surface area contributed by atoms with Crippen LogP contribution in [0, 0.1) is 13.8 Å². The van der Waals surface area contributed by atoms with Crippen molar-refractivity contribution in [2.24, 2.45) is 4.99 Å². The normalized spacial score (nSPS) is 11.7. The largest absolute Gasteiger partial charge is 0.264 e. The molecule has 1 heterocycles. The number of pyridine rings is 1. The highest BCUT2D eigenvalue weighted by molar-refractivity contribution is 6.03. The molecule has 0 radical (unpaired) electrons. The van der Waals surface area contributed by atoms with Crippen LogP contribution in [0.4, 0.5) is 5.69 Å². The predicted octanol–water partition coefficient (Wildman–Crippen LogP) is 5.18. The van der Waals surface area contributed by atoms with Crippen molar-refractivity contribution in [3.63, 3.8) is 0 Å². The van der Waals surface area contributed by atoms with E-state index in [9.17, 15) is 0 Å². The number of aromatic nitrogens is 1. The summed E-state index contributed by atoms with van der Waals surface area (Å²) in [7, 11) is 0. The molecular formula is C19H24N2. The van der Waals surface area contributed by atoms with Crippen LogP contribution in [-0.2, 0) is 6.42 Å². The number of nitrogens with zero attached hydrogens (tertiary/aromatic N) is 2. The van der Waals surface area contributed by atoms with Gasteiger partial charge in [0.1, 0.15) is 0 Å². The molecule has 0 atom stereocenters. The maximum atomic E-state index is 4.90. The SMILES string of the molecule is CCCC(=Nc1ccc(CC)c(C)c1)c1ccncc1C. The van der Waals surface area contributed by atoms with Crippen LogP contribution in [0.5, 0.6) is 0 Å². The second-order valence-electron chi connectivity index (χ2n) is 5.46. The van der Waals surface area contributed by atoms with Crippen molar-refractivity contribution in [1.29, 1.82) is 0 Å². The maximum Gasteiger partial charge on any atom is 0.0636 e. The van der Waals surface area contributed by atoms with Gasteiger partial charge in [-0.05, 0) is 61.6 Å². The zero-order chi connectivity index (χ0) is 15.2. The van der Waals surface area contributed by atoms with Gasteiger partial charge >= 0.3 is 0 Å². The minimum atomic E-state index is 0.986. The van der Waals surface area contributed by atoms with Crippen LogP contribution in [0.2, 0.25) is 0 Å². The predicted molar refractivity (Wildman–Crippen MR) is 90.6 cm³/mol. The molecule has 0 unspecified atom stereocenters. The third kappa shape index (κ3) is 3.78. The van der Waals surface area contributed by atoms with E-state index in [1.807, 2.05) is 12.4 Å². The molecule has 21 heavy (non-hydrogen) atoms. The average molecular weight is 280 g/mol. The fourth-order valence-electron chi connectivity index (χ4n) is 2.59. The van der Waals surface area contributed by atoms with E-state index in [0.717, 1.165) is 30.7 Å². The summed E-state index contributed by atoms with van der Waals surface area (Å²) >= 11 is 0. The molecule has 0 aliphatic carbocycles. The van der Waals surface area contributed by atoms with Crippen molar-refractivity contribution >= 4 is 11.4 Å². The molecule has 2 heteroatoms. The summed E-state index contributed by atoms with van der Waals surface area (Å²) < 4.78 is 0. The van der Waals surface area contributed by atoms with Crippen LogP contribution in [0.25, 0.3) is 0 Å². The van der Waals surface area contributed by atoms with Gasteiger partial charge in [-0.15, -0.1) is 0 Å². The Labute approximate surface area is 128 Å². The molecule has 0 fully saturated rings. The van der Waals surface area contributed by atoms with Crippen LogP contribution < -0.4 is 0 Å². The Morgan fingerprint density at radius 2 is 1.90 bits per heavy atom.